The summed E-state index contributed by atoms with van der Waals surface area (Å²) in [6.07, 6.45) is 10.6. The fourth-order valence-corrected chi connectivity index (χ4v) is 3.73. The molecule has 0 radical (unpaired) electrons. The maximum Gasteiger partial charge on any atom is 0.0976 e. The smallest absolute Gasteiger partial charge is 0.0976 e. The number of fused-ring (bicyclic) bond motifs is 2. The molecule has 12 heavy (non-hydrogen) atoms. The van der Waals surface area contributed by atoms with Gasteiger partial charge in [-0.05, 0) is 32.6 Å². The molecule has 0 aromatic rings. The van der Waals surface area contributed by atoms with Gasteiger partial charge in [-0.25, -0.2) is 0 Å². The molecule has 1 nitrogen and oxygen atoms in total. The molecule has 0 bridgehead atoms. The van der Waals surface area contributed by atoms with Gasteiger partial charge in [0.05, 0.1) is 11.7 Å². The van der Waals surface area contributed by atoms with Crippen LogP contribution < -0.4 is 0 Å². The summed E-state index contributed by atoms with van der Waals surface area (Å²) in [5, 5.41) is 0. The normalized spacial score (nSPS) is 49.2. The van der Waals surface area contributed by atoms with Crippen LogP contribution in [0.4, 0.5) is 0 Å². The van der Waals surface area contributed by atoms with E-state index in [1.54, 1.807) is 0 Å². The third-order valence-electron chi connectivity index (χ3n) is 4.68. The zero-order valence-corrected chi connectivity index (χ0v) is 7.94. The largest absolute Gasteiger partial charge is 0.366 e. The van der Waals surface area contributed by atoms with Gasteiger partial charge >= 0.3 is 0 Å². The number of ether oxygens (including phenoxy) is 1. The Morgan fingerprint density at radius 3 is 2.50 bits per heavy atom. The highest BCUT2D eigenvalue weighted by Crippen LogP contribution is 2.64. The molecule has 68 valence electrons. The van der Waals surface area contributed by atoms with Gasteiger partial charge in [-0.2, -0.15) is 0 Å². The van der Waals surface area contributed by atoms with Crippen molar-refractivity contribution in [1.82, 2.24) is 0 Å². The molecule has 2 atom stereocenters. The number of rotatable bonds is 0. The van der Waals surface area contributed by atoms with E-state index in [1.807, 2.05) is 0 Å². The first-order valence-electron chi connectivity index (χ1n) is 5.45. The Morgan fingerprint density at radius 2 is 1.75 bits per heavy atom. The van der Waals surface area contributed by atoms with E-state index in [9.17, 15) is 0 Å². The lowest BCUT2D eigenvalue weighted by Gasteiger charge is -2.36. The average Bonchev–Trinajstić information content (AvgIpc) is 2.57. The van der Waals surface area contributed by atoms with Crippen molar-refractivity contribution in [2.45, 2.75) is 63.6 Å². The van der Waals surface area contributed by atoms with Crippen LogP contribution >= 0.6 is 0 Å². The van der Waals surface area contributed by atoms with Gasteiger partial charge in [-0.3, -0.25) is 0 Å². The maximum atomic E-state index is 5.90. The van der Waals surface area contributed by atoms with E-state index in [4.69, 9.17) is 4.74 Å². The minimum absolute atomic E-state index is 0.321. The Balaban J connectivity index is 1.92. The minimum Gasteiger partial charge on any atom is -0.366 e. The molecular formula is C11H18O. The molecule has 0 aromatic carbocycles. The Hall–Kier alpha value is -0.0400. The number of epoxide rings is 1. The Labute approximate surface area is 74.5 Å². The molecule has 2 aliphatic carbocycles. The van der Waals surface area contributed by atoms with Gasteiger partial charge in [0.25, 0.3) is 0 Å². The lowest BCUT2D eigenvalue weighted by atomic mass is 9.65. The Bertz CT molecular complexity index is 205. The van der Waals surface area contributed by atoms with Gasteiger partial charge in [0, 0.05) is 5.41 Å². The van der Waals surface area contributed by atoms with Crippen molar-refractivity contribution in [3.05, 3.63) is 0 Å². The monoisotopic (exact) mass is 166 g/mol. The molecule has 1 spiro atoms. The van der Waals surface area contributed by atoms with Crippen LogP contribution in [0.5, 0.6) is 0 Å². The molecule has 3 aliphatic rings. The summed E-state index contributed by atoms with van der Waals surface area (Å²) >= 11 is 0. The second-order valence-corrected chi connectivity index (χ2v) is 5.09. The first-order valence-corrected chi connectivity index (χ1v) is 5.45. The van der Waals surface area contributed by atoms with Crippen LogP contribution in [-0.4, -0.2) is 11.7 Å². The summed E-state index contributed by atoms with van der Waals surface area (Å²) in [6.45, 7) is 2.36. The van der Waals surface area contributed by atoms with Crippen LogP contribution in [0.25, 0.3) is 0 Å². The van der Waals surface area contributed by atoms with Crippen LogP contribution in [0.2, 0.25) is 0 Å². The van der Waals surface area contributed by atoms with Crippen molar-refractivity contribution >= 4 is 0 Å². The fraction of sp³-hybridized carbons (Fsp3) is 1.00. The molecule has 1 heterocycles. The van der Waals surface area contributed by atoms with Gasteiger partial charge in [-0.15, -0.1) is 0 Å². The van der Waals surface area contributed by atoms with Gasteiger partial charge < -0.3 is 4.74 Å². The first-order chi connectivity index (χ1) is 5.77. The third-order valence-corrected chi connectivity index (χ3v) is 4.68. The van der Waals surface area contributed by atoms with E-state index in [-0.39, 0.29) is 0 Å². The molecule has 0 amide bonds. The molecular weight excluding hydrogens is 148 g/mol. The van der Waals surface area contributed by atoms with E-state index >= 15 is 0 Å². The molecule has 1 saturated heterocycles. The molecule has 0 aromatic heterocycles. The number of hydrogen-bond acceptors (Lipinski definition) is 1. The van der Waals surface area contributed by atoms with Crippen LogP contribution in [0.3, 0.4) is 0 Å². The topological polar surface area (TPSA) is 12.5 Å². The van der Waals surface area contributed by atoms with Crippen LogP contribution in [-0.2, 0) is 4.74 Å². The fourth-order valence-electron chi connectivity index (χ4n) is 3.73. The Kier molecular flexibility index (Phi) is 1.27. The average molecular weight is 166 g/mol. The van der Waals surface area contributed by atoms with E-state index < -0.39 is 0 Å². The summed E-state index contributed by atoms with van der Waals surface area (Å²) in [7, 11) is 0. The summed E-state index contributed by atoms with van der Waals surface area (Å²) in [5.74, 6) is 0. The highest BCUT2D eigenvalue weighted by molar-refractivity contribution is 5.15. The summed E-state index contributed by atoms with van der Waals surface area (Å²) in [5.41, 5.74) is 0.942. The quantitative estimate of drug-likeness (QED) is 0.504. The standard InChI is InChI=1S/C11H18O/c1-10-9(12-10)5-4-8-11(10)6-2-3-7-11/h9H,2-8H2,1H3/t9-,10-/m0/s1. The van der Waals surface area contributed by atoms with E-state index in [2.05, 4.69) is 6.92 Å². The number of hydrogen-bond donors (Lipinski definition) is 0. The maximum absolute atomic E-state index is 5.90. The van der Waals surface area contributed by atoms with Gasteiger partial charge in [-0.1, -0.05) is 19.3 Å². The molecule has 3 fully saturated rings. The minimum atomic E-state index is 0.321. The zero-order chi connectivity index (χ0) is 8.23. The van der Waals surface area contributed by atoms with Crippen molar-refractivity contribution in [2.75, 3.05) is 0 Å². The molecule has 0 unspecified atom stereocenters. The van der Waals surface area contributed by atoms with E-state index in [1.165, 1.54) is 44.9 Å². The van der Waals surface area contributed by atoms with Crippen molar-refractivity contribution in [1.29, 1.82) is 0 Å². The predicted molar refractivity (Wildman–Crippen MR) is 48.0 cm³/mol. The lowest BCUT2D eigenvalue weighted by Crippen LogP contribution is -2.38. The molecule has 2 saturated carbocycles. The van der Waals surface area contributed by atoms with Crippen molar-refractivity contribution in [2.24, 2.45) is 5.41 Å². The molecule has 1 aliphatic heterocycles. The van der Waals surface area contributed by atoms with Crippen molar-refractivity contribution in [3.63, 3.8) is 0 Å². The van der Waals surface area contributed by atoms with E-state index in [0.717, 1.165) is 0 Å². The Morgan fingerprint density at radius 1 is 1.08 bits per heavy atom. The van der Waals surface area contributed by atoms with Gasteiger partial charge in [0.2, 0.25) is 0 Å². The molecule has 3 rings (SSSR count). The van der Waals surface area contributed by atoms with Crippen molar-refractivity contribution in [3.8, 4) is 0 Å². The van der Waals surface area contributed by atoms with Crippen LogP contribution in [0.15, 0.2) is 0 Å². The molecule has 0 N–H and O–H groups in total. The summed E-state index contributed by atoms with van der Waals surface area (Å²) < 4.78 is 5.90. The van der Waals surface area contributed by atoms with Gasteiger partial charge in [0.15, 0.2) is 0 Å². The van der Waals surface area contributed by atoms with Crippen LogP contribution in [0.1, 0.15) is 51.9 Å². The third kappa shape index (κ3) is 0.693. The predicted octanol–water partition coefficient (Wildman–Crippen LogP) is 2.89. The summed E-state index contributed by atoms with van der Waals surface area (Å²) in [4.78, 5) is 0. The SMILES string of the molecule is C[C@]12O[C@H]1CCCC21CCCC1. The second kappa shape index (κ2) is 2.06. The zero-order valence-electron chi connectivity index (χ0n) is 7.94. The van der Waals surface area contributed by atoms with Gasteiger partial charge in [0.1, 0.15) is 0 Å². The highest BCUT2D eigenvalue weighted by atomic mass is 16.6. The van der Waals surface area contributed by atoms with Crippen molar-refractivity contribution < 1.29 is 4.74 Å². The van der Waals surface area contributed by atoms with E-state index in [0.29, 0.717) is 17.1 Å². The van der Waals surface area contributed by atoms with Crippen LogP contribution in [0, 0.1) is 5.41 Å². The second-order valence-electron chi connectivity index (χ2n) is 5.09. The first kappa shape index (κ1) is 7.37. The highest BCUT2D eigenvalue weighted by Gasteiger charge is 2.66. The summed E-state index contributed by atoms with van der Waals surface area (Å²) in [6, 6.07) is 0. The lowest BCUT2D eigenvalue weighted by molar-refractivity contribution is 0.106. The molecule has 1 heteroatoms.